The highest BCUT2D eigenvalue weighted by molar-refractivity contribution is 7.99. The van der Waals surface area contributed by atoms with Crippen molar-refractivity contribution in [3.63, 3.8) is 0 Å². The fourth-order valence-corrected chi connectivity index (χ4v) is 3.52. The lowest BCUT2D eigenvalue weighted by atomic mass is 9.87. The van der Waals surface area contributed by atoms with Gasteiger partial charge in [0, 0.05) is 9.79 Å². The molecule has 0 N–H and O–H groups in total. The van der Waals surface area contributed by atoms with Gasteiger partial charge < -0.3 is 0 Å². The molecule has 3 rings (SSSR count). The molecule has 0 saturated carbocycles. The van der Waals surface area contributed by atoms with Crippen LogP contribution in [0.2, 0.25) is 0 Å². The van der Waals surface area contributed by atoms with Gasteiger partial charge in [-0.25, -0.2) is 0 Å². The van der Waals surface area contributed by atoms with Crippen molar-refractivity contribution in [1.82, 2.24) is 0 Å². The Bertz CT molecular complexity index is 793. The summed E-state index contributed by atoms with van der Waals surface area (Å²) in [7, 11) is 0. The SMILES string of the molecule is CC(C)(C)c1ccc(Sc2ccc(-c3ccc([SH2+])cc3)cc2)cc1. The van der Waals surface area contributed by atoms with Crippen molar-refractivity contribution in [1.29, 1.82) is 0 Å². The smallest absolute Gasteiger partial charge is 0.0901 e. The minimum Gasteiger partial charge on any atom is -0.0901 e. The summed E-state index contributed by atoms with van der Waals surface area (Å²) in [4.78, 5) is 3.64. The van der Waals surface area contributed by atoms with Crippen LogP contribution in [0.1, 0.15) is 26.3 Å². The van der Waals surface area contributed by atoms with Gasteiger partial charge in [-0.3, -0.25) is 0 Å². The maximum absolute atomic E-state index is 3.53. The molecule has 3 aromatic rings. The Morgan fingerprint density at radius 3 is 1.50 bits per heavy atom. The maximum Gasteiger partial charge on any atom is 0.150 e. The first-order valence-electron chi connectivity index (χ1n) is 8.12. The van der Waals surface area contributed by atoms with E-state index in [2.05, 4.69) is 106 Å². The quantitative estimate of drug-likeness (QED) is 0.508. The van der Waals surface area contributed by atoms with Crippen molar-refractivity contribution in [3.8, 4) is 11.1 Å². The van der Waals surface area contributed by atoms with E-state index >= 15 is 0 Å². The molecule has 0 spiro atoms. The van der Waals surface area contributed by atoms with Crippen LogP contribution in [0.3, 0.4) is 0 Å². The summed E-state index contributed by atoms with van der Waals surface area (Å²) in [5, 5.41) is 0. The zero-order chi connectivity index (χ0) is 17.2. The number of benzene rings is 3. The summed E-state index contributed by atoms with van der Waals surface area (Å²) in [6, 6.07) is 26.1. The first-order chi connectivity index (χ1) is 11.4. The molecule has 0 unspecified atom stereocenters. The Morgan fingerprint density at radius 2 is 1.04 bits per heavy atom. The average molecular weight is 352 g/mol. The van der Waals surface area contributed by atoms with Crippen LogP contribution in [0.15, 0.2) is 87.5 Å². The molecule has 0 fully saturated rings. The molecule has 122 valence electrons. The minimum absolute atomic E-state index is 0.204. The van der Waals surface area contributed by atoms with Crippen LogP contribution in [0, 0.1) is 0 Å². The predicted octanol–water partition coefficient (Wildman–Crippen LogP) is 6.17. The predicted molar refractivity (Wildman–Crippen MR) is 110 cm³/mol. The van der Waals surface area contributed by atoms with Crippen LogP contribution in [-0.2, 0) is 18.0 Å². The normalized spacial score (nSPS) is 11.5. The van der Waals surface area contributed by atoms with Gasteiger partial charge in [-0.1, -0.05) is 56.8 Å². The molecule has 0 radical (unpaired) electrons. The standard InChI is InChI=1S/C22H22S2/c1-22(2,3)18-8-14-21(15-9-18)24-20-12-6-17(7-13-20)16-4-10-19(23)11-5-16/h4-15,23H,1-3H3/p+1. The molecule has 0 aliphatic rings. The molecule has 0 aromatic heterocycles. The Morgan fingerprint density at radius 1 is 0.625 bits per heavy atom. The highest BCUT2D eigenvalue weighted by Crippen LogP contribution is 2.31. The lowest BCUT2D eigenvalue weighted by Crippen LogP contribution is -2.10. The Balaban J connectivity index is 1.73. The van der Waals surface area contributed by atoms with Gasteiger partial charge in [-0.15, -0.1) is 0 Å². The van der Waals surface area contributed by atoms with Crippen molar-refractivity contribution >= 4 is 24.4 Å². The molecular weight excluding hydrogens is 328 g/mol. The maximum atomic E-state index is 3.53. The summed E-state index contributed by atoms with van der Waals surface area (Å²) >= 11 is 5.34. The average Bonchev–Trinajstić information content (AvgIpc) is 2.56. The van der Waals surface area contributed by atoms with Crippen molar-refractivity contribution in [3.05, 3.63) is 78.4 Å². The van der Waals surface area contributed by atoms with Gasteiger partial charge >= 0.3 is 0 Å². The number of hydrogen-bond acceptors (Lipinski definition) is 1. The molecule has 0 aliphatic heterocycles. The lowest BCUT2D eigenvalue weighted by molar-refractivity contribution is 0.590. The fraction of sp³-hybridized carbons (Fsp3) is 0.182. The van der Waals surface area contributed by atoms with Gasteiger partial charge in [0.05, 0.1) is 0 Å². The molecule has 0 nitrogen and oxygen atoms in total. The van der Waals surface area contributed by atoms with E-state index in [0.717, 1.165) is 4.90 Å². The molecule has 3 aromatic carbocycles. The molecule has 2 heteroatoms. The number of hydrogen-bond donors (Lipinski definition) is 0. The largest absolute Gasteiger partial charge is 0.150 e. The summed E-state index contributed by atoms with van der Waals surface area (Å²) in [6.07, 6.45) is 0. The van der Waals surface area contributed by atoms with Gasteiger partial charge in [0.15, 0.2) is 0 Å². The molecule has 0 amide bonds. The van der Waals surface area contributed by atoms with E-state index in [4.69, 9.17) is 0 Å². The molecule has 0 heterocycles. The first kappa shape index (κ1) is 17.2. The Kier molecular flexibility index (Phi) is 5.07. The van der Waals surface area contributed by atoms with Crippen molar-refractivity contribution in [2.75, 3.05) is 0 Å². The topological polar surface area (TPSA) is 0 Å². The third kappa shape index (κ3) is 4.25. The van der Waals surface area contributed by atoms with E-state index in [1.807, 2.05) is 0 Å². The summed E-state index contributed by atoms with van der Waals surface area (Å²) in [5.41, 5.74) is 4.06. The highest BCUT2D eigenvalue weighted by Gasteiger charge is 2.12. The third-order valence-corrected chi connectivity index (χ3v) is 5.38. The van der Waals surface area contributed by atoms with Gasteiger partial charge in [-0.2, -0.15) is 0 Å². The summed E-state index contributed by atoms with van der Waals surface area (Å²) in [5.74, 6) is 0. The molecule has 24 heavy (non-hydrogen) atoms. The van der Waals surface area contributed by atoms with E-state index in [9.17, 15) is 0 Å². The second-order valence-electron chi connectivity index (χ2n) is 6.98. The second kappa shape index (κ2) is 7.08. The van der Waals surface area contributed by atoms with Gasteiger partial charge in [0.2, 0.25) is 0 Å². The van der Waals surface area contributed by atoms with Crippen LogP contribution >= 0.6 is 11.8 Å². The van der Waals surface area contributed by atoms with Gasteiger partial charge in [-0.05, 0) is 83.3 Å². The van der Waals surface area contributed by atoms with Crippen LogP contribution in [0.5, 0.6) is 0 Å². The number of rotatable bonds is 3. The Hall–Kier alpha value is -1.64. The summed E-state index contributed by atoms with van der Waals surface area (Å²) in [6.45, 7) is 6.74. The molecular formula is C22H23S2+. The minimum atomic E-state index is 0.204. The van der Waals surface area contributed by atoms with Crippen LogP contribution in [0.4, 0.5) is 0 Å². The van der Waals surface area contributed by atoms with Gasteiger partial charge in [0.1, 0.15) is 4.90 Å². The first-order valence-corrected chi connectivity index (χ1v) is 9.44. The van der Waals surface area contributed by atoms with E-state index < -0.39 is 0 Å². The van der Waals surface area contributed by atoms with Gasteiger partial charge in [0.25, 0.3) is 0 Å². The van der Waals surface area contributed by atoms with Crippen molar-refractivity contribution in [2.24, 2.45) is 0 Å². The van der Waals surface area contributed by atoms with E-state index in [-0.39, 0.29) is 5.41 Å². The Labute approximate surface area is 154 Å². The zero-order valence-corrected chi connectivity index (χ0v) is 16.2. The van der Waals surface area contributed by atoms with Crippen molar-refractivity contribution < 1.29 is 0 Å². The van der Waals surface area contributed by atoms with E-state index in [1.54, 1.807) is 11.8 Å². The molecule has 0 atom stereocenters. The fourth-order valence-electron chi connectivity index (χ4n) is 2.54. The molecule has 0 bridgehead atoms. The monoisotopic (exact) mass is 351 g/mol. The molecule has 0 saturated heterocycles. The lowest BCUT2D eigenvalue weighted by Gasteiger charge is -2.19. The van der Waals surface area contributed by atoms with E-state index in [1.165, 1.54) is 26.5 Å². The molecule has 0 aliphatic carbocycles. The van der Waals surface area contributed by atoms with E-state index in [0.29, 0.717) is 0 Å². The zero-order valence-electron chi connectivity index (χ0n) is 14.3. The van der Waals surface area contributed by atoms with Crippen LogP contribution < -0.4 is 0 Å². The summed E-state index contributed by atoms with van der Waals surface area (Å²) < 4.78 is 0. The van der Waals surface area contributed by atoms with Crippen molar-refractivity contribution in [2.45, 2.75) is 40.9 Å². The highest BCUT2D eigenvalue weighted by atomic mass is 32.2. The second-order valence-corrected chi connectivity index (χ2v) is 8.70. The van der Waals surface area contributed by atoms with Crippen LogP contribution in [-0.4, -0.2) is 0 Å². The third-order valence-electron chi connectivity index (χ3n) is 4.03. The van der Waals surface area contributed by atoms with Crippen LogP contribution in [0.25, 0.3) is 11.1 Å².